The Kier molecular flexibility index (Phi) is 2.44. The quantitative estimate of drug-likeness (QED) is 0.333. The summed E-state index contributed by atoms with van der Waals surface area (Å²) < 4.78 is 0. The minimum Gasteiger partial charge on any atom is -0.267 e. The highest BCUT2D eigenvalue weighted by Crippen LogP contribution is 1.48. The van der Waals surface area contributed by atoms with Gasteiger partial charge in [-0.25, -0.2) is 5.53 Å². The Bertz CT molecular complexity index is 20.0. The van der Waals surface area contributed by atoms with Crippen molar-refractivity contribution in [3.8, 4) is 0 Å². The highest BCUT2D eigenvalue weighted by Gasteiger charge is 1.55. The number of hydrogen-bond donors (Lipinski definition) is 1. The number of hydrogen-bond acceptors (Lipinski definition) is 2. The van der Waals surface area contributed by atoms with Gasteiger partial charge in [-0.3, -0.25) is 5.03 Å². The fourth-order valence-corrected chi connectivity index (χ4v) is 0. The zero-order chi connectivity index (χ0) is 3.41. The van der Waals surface area contributed by atoms with Crippen LogP contribution in [0.2, 0.25) is 6.82 Å². The van der Waals surface area contributed by atoms with E-state index in [4.69, 9.17) is 5.53 Å². The van der Waals surface area contributed by atoms with Gasteiger partial charge in [0, 0.05) is 0 Å². The normalized spacial score (nSPS) is 5.25. The summed E-state index contributed by atoms with van der Waals surface area (Å²) in [6, 6.07) is 0. The largest absolute Gasteiger partial charge is 0.287 e. The highest BCUT2D eigenvalue weighted by molar-refractivity contribution is 6.30. The fraction of sp³-hybridized carbons (Fsp3) is 1.00. The topological polar surface area (TPSA) is 36.2 Å². The maximum absolute atomic E-state index is 6.08. The first kappa shape index (κ1) is 3.66. The van der Waals surface area contributed by atoms with Gasteiger partial charge in [0.2, 0.25) is 0 Å². The van der Waals surface area contributed by atoms with E-state index >= 15 is 0 Å². The molecule has 0 aromatic rings. The molecule has 0 fully saturated rings. The molecule has 4 heavy (non-hydrogen) atoms. The van der Waals surface area contributed by atoms with Gasteiger partial charge in [0.15, 0.2) is 0 Å². The van der Waals surface area contributed by atoms with Crippen molar-refractivity contribution in [1.82, 2.24) is 0 Å². The van der Waals surface area contributed by atoms with Gasteiger partial charge in [0.1, 0.15) is 0 Å². The van der Waals surface area contributed by atoms with Crippen LogP contribution in [-0.2, 0) is 0 Å². The second-order valence-electron chi connectivity index (χ2n) is 0.474. The third kappa shape index (κ3) is 1.66. The van der Waals surface area contributed by atoms with Crippen LogP contribution in [0.15, 0.2) is 5.03 Å². The third-order valence-corrected chi connectivity index (χ3v) is 0.158. The fourth-order valence-electron chi connectivity index (χ4n) is 0. The Morgan fingerprint density at radius 3 is 2.25 bits per heavy atom. The van der Waals surface area contributed by atoms with E-state index < -0.39 is 0 Å². The molecule has 0 aliphatic rings. The smallest absolute Gasteiger partial charge is 0.267 e. The van der Waals surface area contributed by atoms with Gasteiger partial charge < -0.3 is 0 Å². The van der Waals surface area contributed by atoms with Crippen LogP contribution in [0.4, 0.5) is 0 Å². The summed E-state index contributed by atoms with van der Waals surface area (Å²) in [5.74, 6) is 0. The summed E-state index contributed by atoms with van der Waals surface area (Å²) in [7, 11) is 0.611. The van der Waals surface area contributed by atoms with Crippen molar-refractivity contribution >= 4 is 7.41 Å². The molecule has 0 aliphatic heterocycles. The minimum absolute atomic E-state index is 0.611. The van der Waals surface area contributed by atoms with E-state index in [0.717, 1.165) is 0 Å². The number of rotatable bonds is 1. The lowest BCUT2D eigenvalue weighted by Crippen LogP contribution is -1.60. The van der Waals surface area contributed by atoms with Crippen LogP contribution in [0.5, 0.6) is 0 Å². The first-order valence-electron chi connectivity index (χ1n) is 1.25. The zero-order valence-electron chi connectivity index (χ0n) is 2.65. The molecule has 0 aromatic carbocycles. The van der Waals surface area contributed by atoms with Crippen molar-refractivity contribution in [3.63, 3.8) is 0 Å². The molecule has 0 heterocycles. The molecule has 0 rings (SSSR count). The van der Waals surface area contributed by atoms with E-state index in [9.17, 15) is 0 Å². The standard InChI is InChI=1S/CH5BN2/c1-2-4-3/h2-3H,1H3. The summed E-state index contributed by atoms with van der Waals surface area (Å²) >= 11 is 0. The van der Waals surface area contributed by atoms with Gasteiger partial charge in [0.05, 0.1) is 0 Å². The summed E-state index contributed by atoms with van der Waals surface area (Å²) in [4.78, 5) is 0. The van der Waals surface area contributed by atoms with Gasteiger partial charge in [-0.15, -0.1) is 0 Å². The summed E-state index contributed by atoms with van der Waals surface area (Å²) in [5, 5.41) is 2.99. The van der Waals surface area contributed by atoms with Crippen molar-refractivity contribution in [2.45, 2.75) is 6.82 Å². The van der Waals surface area contributed by atoms with Crippen molar-refractivity contribution in [1.29, 1.82) is 5.53 Å². The van der Waals surface area contributed by atoms with Crippen molar-refractivity contribution in [2.24, 2.45) is 5.03 Å². The molecule has 3 heteroatoms. The molecule has 0 aliphatic carbocycles. The van der Waals surface area contributed by atoms with E-state index in [2.05, 4.69) is 5.03 Å². The first-order valence-corrected chi connectivity index (χ1v) is 1.25. The van der Waals surface area contributed by atoms with Crippen LogP contribution in [-0.4, -0.2) is 7.41 Å². The Labute approximate surface area is 26.0 Å². The highest BCUT2D eigenvalue weighted by atomic mass is 14.9. The Morgan fingerprint density at radius 1 is 2.00 bits per heavy atom. The molecule has 0 amide bonds. The summed E-state index contributed by atoms with van der Waals surface area (Å²) in [6.07, 6.45) is 0. The summed E-state index contributed by atoms with van der Waals surface area (Å²) in [6.45, 7) is 1.83. The van der Waals surface area contributed by atoms with Gasteiger partial charge >= 0.3 is 0 Å². The molecular weight excluding hydrogens is 50.8 g/mol. The molecule has 22 valence electrons. The SMILES string of the molecule is CBN=N. The van der Waals surface area contributed by atoms with E-state index in [1.807, 2.05) is 6.82 Å². The molecule has 0 spiro atoms. The van der Waals surface area contributed by atoms with Crippen LogP contribution in [0.1, 0.15) is 0 Å². The minimum atomic E-state index is 0.611. The average Bonchev–Trinajstić information content (AvgIpc) is 1.37. The molecule has 0 saturated carbocycles. The van der Waals surface area contributed by atoms with Gasteiger partial charge in [-0.2, -0.15) is 0 Å². The Balaban J connectivity index is 2.30. The van der Waals surface area contributed by atoms with Crippen LogP contribution in [0.25, 0.3) is 0 Å². The Hall–Kier alpha value is -0.335. The van der Waals surface area contributed by atoms with Crippen LogP contribution >= 0.6 is 0 Å². The van der Waals surface area contributed by atoms with Crippen LogP contribution < -0.4 is 0 Å². The first-order chi connectivity index (χ1) is 1.91. The van der Waals surface area contributed by atoms with E-state index in [-0.39, 0.29) is 0 Å². The van der Waals surface area contributed by atoms with Gasteiger partial charge in [0.25, 0.3) is 7.41 Å². The lowest BCUT2D eigenvalue weighted by Gasteiger charge is -1.53. The van der Waals surface area contributed by atoms with Crippen LogP contribution in [0, 0.1) is 5.53 Å². The maximum atomic E-state index is 6.08. The Morgan fingerprint density at radius 2 is 2.25 bits per heavy atom. The van der Waals surface area contributed by atoms with Gasteiger partial charge in [-0.1, -0.05) is 6.82 Å². The molecule has 2 nitrogen and oxygen atoms in total. The van der Waals surface area contributed by atoms with Crippen molar-refractivity contribution < 1.29 is 0 Å². The summed E-state index contributed by atoms with van der Waals surface area (Å²) in [5.41, 5.74) is 6.08. The average molecular weight is 55.9 g/mol. The second kappa shape index (κ2) is 2.66. The molecule has 0 saturated heterocycles. The number of nitrogens with zero attached hydrogens (tertiary/aromatic N) is 1. The lowest BCUT2D eigenvalue weighted by atomic mass is 10.0. The van der Waals surface area contributed by atoms with E-state index in [0.29, 0.717) is 7.41 Å². The zero-order valence-corrected chi connectivity index (χ0v) is 2.65. The molecule has 0 radical (unpaired) electrons. The molecule has 0 bridgehead atoms. The van der Waals surface area contributed by atoms with Crippen molar-refractivity contribution in [3.05, 3.63) is 0 Å². The molecule has 0 atom stereocenters. The molecule has 0 unspecified atom stereocenters. The molecule has 0 aromatic heterocycles. The lowest BCUT2D eigenvalue weighted by molar-refractivity contribution is 1.23. The maximum Gasteiger partial charge on any atom is 0.287 e. The second-order valence-corrected chi connectivity index (χ2v) is 0.474. The van der Waals surface area contributed by atoms with Crippen LogP contribution in [0.3, 0.4) is 0 Å². The van der Waals surface area contributed by atoms with E-state index in [1.54, 1.807) is 0 Å². The predicted molar refractivity (Wildman–Crippen MR) is 18.2 cm³/mol. The predicted octanol–water partition coefficient (Wildman–Crippen LogP) is 0.417. The third-order valence-electron chi connectivity index (χ3n) is 0.158. The molecular formula is CH5BN2. The van der Waals surface area contributed by atoms with Gasteiger partial charge in [-0.05, 0) is 0 Å². The van der Waals surface area contributed by atoms with E-state index in [1.165, 1.54) is 0 Å². The number of nitrogens with one attached hydrogen (secondary N) is 1. The monoisotopic (exact) mass is 56.1 g/mol. The van der Waals surface area contributed by atoms with Crippen molar-refractivity contribution in [2.75, 3.05) is 0 Å². The molecule has 1 N–H and O–H groups in total.